The Labute approximate surface area is 157 Å². The van der Waals surface area contributed by atoms with Gasteiger partial charge in [-0.15, -0.1) is 0 Å². The lowest BCUT2D eigenvalue weighted by Crippen LogP contribution is -2.31. The fraction of sp³-hybridized carbons (Fsp3) is 0.316. The number of rotatable bonds is 4. The number of hydrogen-bond donors (Lipinski definition) is 2. The van der Waals surface area contributed by atoms with Gasteiger partial charge in [0.05, 0.1) is 11.7 Å². The number of likely N-dealkylation sites (tertiary alicyclic amines) is 1. The summed E-state index contributed by atoms with van der Waals surface area (Å²) >= 11 is 0. The highest BCUT2D eigenvalue weighted by Crippen LogP contribution is 2.33. The van der Waals surface area contributed by atoms with Crippen molar-refractivity contribution in [1.82, 2.24) is 30.0 Å². The first-order chi connectivity index (χ1) is 13.1. The third-order valence-corrected chi connectivity index (χ3v) is 4.70. The second-order valence-electron chi connectivity index (χ2n) is 6.65. The molecule has 138 valence electrons. The van der Waals surface area contributed by atoms with Gasteiger partial charge in [0.25, 0.3) is 5.91 Å². The number of H-pyrrole nitrogens is 1. The number of carbonyl (C=O) groups excluding carboxylic acids is 1. The minimum Gasteiger partial charge on any atom is -0.329 e. The average molecular weight is 363 g/mol. The van der Waals surface area contributed by atoms with Crippen molar-refractivity contribution in [2.75, 3.05) is 11.9 Å². The van der Waals surface area contributed by atoms with Crippen LogP contribution >= 0.6 is 0 Å². The van der Waals surface area contributed by atoms with Crippen molar-refractivity contribution in [2.24, 2.45) is 0 Å². The fourth-order valence-electron chi connectivity index (χ4n) is 3.41. The summed E-state index contributed by atoms with van der Waals surface area (Å²) in [7, 11) is 0. The van der Waals surface area contributed by atoms with Crippen LogP contribution in [0.2, 0.25) is 0 Å². The van der Waals surface area contributed by atoms with Crippen molar-refractivity contribution in [3.8, 4) is 0 Å². The molecule has 0 unspecified atom stereocenters. The Hall–Kier alpha value is -3.29. The van der Waals surface area contributed by atoms with Crippen molar-refractivity contribution in [2.45, 2.75) is 32.7 Å². The Morgan fingerprint density at radius 1 is 1.26 bits per heavy atom. The van der Waals surface area contributed by atoms with Crippen molar-refractivity contribution in [3.63, 3.8) is 0 Å². The van der Waals surface area contributed by atoms with Gasteiger partial charge in [0.2, 0.25) is 0 Å². The molecule has 0 aliphatic carbocycles. The SMILES string of the molecule is Cc1nc(Nc2ncccc2C)cc([C@H]2CCCN2C(=O)c2ccn[nH]2)n1. The normalized spacial score (nSPS) is 16.5. The maximum absolute atomic E-state index is 12.8. The average Bonchev–Trinajstić information content (AvgIpc) is 3.35. The molecule has 0 radical (unpaired) electrons. The summed E-state index contributed by atoms with van der Waals surface area (Å²) in [5, 5.41) is 9.90. The summed E-state index contributed by atoms with van der Waals surface area (Å²) in [6.45, 7) is 4.55. The number of amides is 1. The van der Waals surface area contributed by atoms with E-state index < -0.39 is 0 Å². The van der Waals surface area contributed by atoms with E-state index in [1.165, 1.54) is 0 Å². The number of nitrogens with zero attached hydrogens (tertiary/aromatic N) is 5. The van der Waals surface area contributed by atoms with Gasteiger partial charge in [0, 0.05) is 25.0 Å². The fourth-order valence-corrected chi connectivity index (χ4v) is 3.41. The summed E-state index contributed by atoms with van der Waals surface area (Å²) in [6, 6.07) is 7.41. The van der Waals surface area contributed by atoms with Crippen LogP contribution in [-0.2, 0) is 0 Å². The molecule has 3 aromatic heterocycles. The Kier molecular flexibility index (Phi) is 4.53. The summed E-state index contributed by atoms with van der Waals surface area (Å²) in [4.78, 5) is 28.1. The highest BCUT2D eigenvalue weighted by atomic mass is 16.2. The van der Waals surface area contributed by atoms with Gasteiger partial charge in [-0.25, -0.2) is 15.0 Å². The van der Waals surface area contributed by atoms with E-state index in [2.05, 4.69) is 30.5 Å². The quantitative estimate of drug-likeness (QED) is 0.739. The predicted molar refractivity (Wildman–Crippen MR) is 101 cm³/mol. The molecule has 1 amide bonds. The molecule has 2 N–H and O–H groups in total. The number of hydrogen-bond acceptors (Lipinski definition) is 6. The molecule has 27 heavy (non-hydrogen) atoms. The van der Waals surface area contributed by atoms with Crippen LogP contribution in [0.25, 0.3) is 0 Å². The number of anilines is 2. The Morgan fingerprint density at radius 3 is 2.93 bits per heavy atom. The van der Waals surface area contributed by atoms with Gasteiger partial charge in [-0.05, 0) is 44.4 Å². The Balaban J connectivity index is 1.62. The first-order valence-electron chi connectivity index (χ1n) is 8.96. The van der Waals surface area contributed by atoms with E-state index in [1.807, 2.05) is 36.9 Å². The third-order valence-electron chi connectivity index (χ3n) is 4.70. The number of aromatic nitrogens is 5. The molecule has 1 fully saturated rings. The maximum Gasteiger partial charge on any atom is 0.272 e. The van der Waals surface area contributed by atoms with E-state index in [4.69, 9.17) is 0 Å². The number of carbonyl (C=O) groups is 1. The van der Waals surface area contributed by atoms with Gasteiger partial charge in [-0.1, -0.05) is 6.07 Å². The van der Waals surface area contributed by atoms with E-state index in [9.17, 15) is 4.79 Å². The zero-order valence-corrected chi connectivity index (χ0v) is 15.3. The molecule has 0 bridgehead atoms. The van der Waals surface area contributed by atoms with E-state index in [0.29, 0.717) is 23.9 Å². The summed E-state index contributed by atoms with van der Waals surface area (Å²) < 4.78 is 0. The molecule has 8 heteroatoms. The molecule has 4 heterocycles. The van der Waals surface area contributed by atoms with Crippen molar-refractivity contribution >= 4 is 17.5 Å². The van der Waals surface area contributed by atoms with Crippen molar-refractivity contribution < 1.29 is 4.79 Å². The van der Waals surface area contributed by atoms with E-state index in [-0.39, 0.29) is 11.9 Å². The molecule has 0 saturated carbocycles. The monoisotopic (exact) mass is 363 g/mol. The van der Waals surface area contributed by atoms with Gasteiger partial charge in [0.1, 0.15) is 23.2 Å². The highest BCUT2D eigenvalue weighted by molar-refractivity contribution is 5.92. The van der Waals surface area contributed by atoms with Crippen LogP contribution in [0.15, 0.2) is 36.7 Å². The predicted octanol–water partition coefficient (Wildman–Crippen LogP) is 2.93. The summed E-state index contributed by atoms with van der Waals surface area (Å²) in [5.74, 6) is 2.05. The van der Waals surface area contributed by atoms with Crippen LogP contribution in [0, 0.1) is 13.8 Å². The second-order valence-corrected chi connectivity index (χ2v) is 6.65. The second kappa shape index (κ2) is 7.14. The Morgan fingerprint density at radius 2 is 2.15 bits per heavy atom. The molecule has 8 nitrogen and oxygen atoms in total. The minimum absolute atomic E-state index is 0.0543. The van der Waals surface area contributed by atoms with Crippen LogP contribution in [0.1, 0.15) is 46.5 Å². The molecule has 3 aromatic rings. The van der Waals surface area contributed by atoms with Gasteiger partial charge >= 0.3 is 0 Å². The van der Waals surface area contributed by atoms with Gasteiger partial charge in [-0.3, -0.25) is 9.89 Å². The largest absolute Gasteiger partial charge is 0.329 e. The van der Waals surface area contributed by atoms with Gasteiger partial charge in [-0.2, -0.15) is 5.10 Å². The molecular formula is C19H21N7O. The molecule has 0 spiro atoms. The first kappa shape index (κ1) is 17.1. The molecule has 1 saturated heterocycles. The lowest BCUT2D eigenvalue weighted by Gasteiger charge is -2.24. The van der Waals surface area contributed by atoms with E-state index >= 15 is 0 Å². The highest BCUT2D eigenvalue weighted by Gasteiger charge is 2.32. The Bertz CT molecular complexity index is 954. The number of aryl methyl sites for hydroxylation is 2. The van der Waals surface area contributed by atoms with Crippen molar-refractivity contribution in [1.29, 1.82) is 0 Å². The minimum atomic E-state index is -0.0760. The molecule has 4 rings (SSSR count). The standard InChI is InChI=1S/C19H21N7O/c1-12-5-3-8-20-18(12)24-17-11-15(22-13(2)23-17)16-6-4-10-26(16)19(27)14-7-9-21-25-14/h3,5,7-9,11,16H,4,6,10H2,1-2H3,(H,21,25)(H,20,22,23,24)/t16-/m1/s1. The van der Waals surface area contributed by atoms with E-state index in [0.717, 1.165) is 29.9 Å². The maximum atomic E-state index is 12.8. The van der Waals surface area contributed by atoms with Crippen LogP contribution in [-0.4, -0.2) is 42.5 Å². The molecule has 1 atom stereocenters. The topological polar surface area (TPSA) is 99.7 Å². The molecule has 0 aromatic carbocycles. The zero-order valence-electron chi connectivity index (χ0n) is 15.3. The lowest BCUT2D eigenvalue weighted by atomic mass is 10.1. The smallest absolute Gasteiger partial charge is 0.272 e. The molecular weight excluding hydrogens is 342 g/mol. The van der Waals surface area contributed by atoms with Crippen LogP contribution in [0.3, 0.4) is 0 Å². The third kappa shape index (κ3) is 3.51. The van der Waals surface area contributed by atoms with E-state index in [1.54, 1.807) is 18.5 Å². The van der Waals surface area contributed by atoms with Crippen LogP contribution in [0.5, 0.6) is 0 Å². The van der Waals surface area contributed by atoms with Crippen LogP contribution < -0.4 is 5.32 Å². The summed E-state index contributed by atoms with van der Waals surface area (Å²) in [5.41, 5.74) is 2.37. The lowest BCUT2D eigenvalue weighted by molar-refractivity contribution is 0.0726. The summed E-state index contributed by atoms with van der Waals surface area (Å²) in [6.07, 6.45) is 5.14. The zero-order chi connectivity index (χ0) is 18.8. The first-order valence-corrected chi connectivity index (χ1v) is 8.96. The van der Waals surface area contributed by atoms with Crippen molar-refractivity contribution in [3.05, 3.63) is 59.4 Å². The number of nitrogens with one attached hydrogen (secondary N) is 2. The number of pyridine rings is 1. The van der Waals surface area contributed by atoms with Gasteiger partial charge in [0.15, 0.2) is 0 Å². The molecule has 1 aliphatic heterocycles. The van der Waals surface area contributed by atoms with Crippen LogP contribution in [0.4, 0.5) is 11.6 Å². The van der Waals surface area contributed by atoms with Gasteiger partial charge < -0.3 is 10.2 Å². The number of aromatic amines is 1. The molecule has 1 aliphatic rings.